The van der Waals surface area contributed by atoms with Crippen molar-refractivity contribution in [3.8, 4) is 0 Å². The van der Waals surface area contributed by atoms with Gasteiger partial charge in [-0.3, -0.25) is 4.79 Å². The summed E-state index contributed by atoms with van der Waals surface area (Å²) in [5.74, 6) is -0.0454. The molecular weight excluding hydrogens is 198 g/mol. The summed E-state index contributed by atoms with van der Waals surface area (Å²) in [4.78, 5) is 17.5. The molecule has 1 rings (SSSR count). The van der Waals surface area contributed by atoms with Gasteiger partial charge in [-0.05, 0) is 13.8 Å². The standard InChI is InChI=1S/C9H15N3OS/c1-6(2)12(3)9(13)7-5-14-8(4-10)11-7/h5-6H,4,10H2,1-3H3. The molecular formula is C9H15N3OS. The maximum absolute atomic E-state index is 11.7. The van der Waals surface area contributed by atoms with Crippen LogP contribution in [0.2, 0.25) is 0 Å². The van der Waals surface area contributed by atoms with Gasteiger partial charge in [0.25, 0.3) is 5.91 Å². The van der Waals surface area contributed by atoms with Crippen LogP contribution in [0.25, 0.3) is 0 Å². The molecule has 4 nitrogen and oxygen atoms in total. The molecule has 14 heavy (non-hydrogen) atoms. The number of thiazole rings is 1. The van der Waals surface area contributed by atoms with Gasteiger partial charge < -0.3 is 10.6 Å². The van der Waals surface area contributed by atoms with Gasteiger partial charge in [-0.1, -0.05) is 0 Å². The van der Waals surface area contributed by atoms with Crippen LogP contribution in [0, 0.1) is 0 Å². The Morgan fingerprint density at radius 3 is 2.79 bits per heavy atom. The summed E-state index contributed by atoms with van der Waals surface area (Å²) >= 11 is 1.42. The van der Waals surface area contributed by atoms with E-state index in [4.69, 9.17) is 5.73 Å². The minimum absolute atomic E-state index is 0.0454. The lowest BCUT2D eigenvalue weighted by molar-refractivity contribution is 0.0749. The van der Waals surface area contributed by atoms with Crippen molar-refractivity contribution in [2.24, 2.45) is 5.73 Å². The van der Waals surface area contributed by atoms with E-state index in [-0.39, 0.29) is 11.9 Å². The molecule has 0 saturated carbocycles. The van der Waals surface area contributed by atoms with E-state index in [9.17, 15) is 4.79 Å². The summed E-state index contributed by atoms with van der Waals surface area (Å²) in [5.41, 5.74) is 5.91. The third-order valence-electron chi connectivity index (χ3n) is 2.04. The van der Waals surface area contributed by atoms with E-state index in [0.29, 0.717) is 12.2 Å². The molecule has 0 aliphatic rings. The molecule has 1 aromatic heterocycles. The fourth-order valence-corrected chi connectivity index (χ4v) is 1.57. The van der Waals surface area contributed by atoms with Gasteiger partial charge >= 0.3 is 0 Å². The highest BCUT2D eigenvalue weighted by molar-refractivity contribution is 7.09. The SMILES string of the molecule is CC(C)N(C)C(=O)c1csc(CN)n1. The van der Waals surface area contributed by atoms with Gasteiger partial charge in [-0.15, -0.1) is 11.3 Å². The van der Waals surface area contributed by atoms with Crippen LogP contribution < -0.4 is 5.73 Å². The third kappa shape index (κ3) is 2.30. The molecule has 0 spiro atoms. The van der Waals surface area contributed by atoms with Crippen LogP contribution in [0.4, 0.5) is 0 Å². The third-order valence-corrected chi connectivity index (χ3v) is 2.91. The van der Waals surface area contributed by atoms with E-state index in [2.05, 4.69) is 4.98 Å². The number of aromatic nitrogens is 1. The Morgan fingerprint density at radius 2 is 2.36 bits per heavy atom. The van der Waals surface area contributed by atoms with Gasteiger partial charge in [-0.2, -0.15) is 0 Å². The average Bonchev–Trinajstić information content (AvgIpc) is 2.63. The number of nitrogens with zero attached hydrogens (tertiary/aromatic N) is 2. The Kier molecular flexibility index (Phi) is 3.60. The van der Waals surface area contributed by atoms with Crippen molar-refractivity contribution < 1.29 is 4.79 Å². The molecule has 0 aromatic carbocycles. The van der Waals surface area contributed by atoms with Gasteiger partial charge in [-0.25, -0.2) is 4.98 Å². The predicted octanol–water partition coefficient (Wildman–Crippen LogP) is 1.08. The Labute approximate surface area is 87.7 Å². The molecule has 0 aliphatic heterocycles. The lowest BCUT2D eigenvalue weighted by atomic mass is 10.3. The van der Waals surface area contributed by atoms with Crippen LogP contribution >= 0.6 is 11.3 Å². The highest BCUT2D eigenvalue weighted by Crippen LogP contribution is 2.11. The Bertz CT molecular complexity index is 322. The van der Waals surface area contributed by atoms with E-state index in [0.717, 1.165) is 5.01 Å². The van der Waals surface area contributed by atoms with Crippen LogP contribution in [0.5, 0.6) is 0 Å². The Morgan fingerprint density at radius 1 is 1.71 bits per heavy atom. The summed E-state index contributed by atoms with van der Waals surface area (Å²) < 4.78 is 0. The first-order valence-corrected chi connectivity index (χ1v) is 5.36. The molecule has 0 saturated heterocycles. The Balaban J connectivity index is 2.79. The lowest BCUT2D eigenvalue weighted by Crippen LogP contribution is -2.33. The predicted molar refractivity (Wildman–Crippen MR) is 57.2 cm³/mol. The molecule has 0 fully saturated rings. The van der Waals surface area contributed by atoms with E-state index >= 15 is 0 Å². The largest absolute Gasteiger partial charge is 0.338 e. The van der Waals surface area contributed by atoms with Crippen molar-refractivity contribution >= 4 is 17.2 Å². The zero-order valence-electron chi connectivity index (χ0n) is 8.65. The van der Waals surface area contributed by atoms with Crippen molar-refractivity contribution in [1.82, 2.24) is 9.88 Å². The van der Waals surface area contributed by atoms with Crippen molar-refractivity contribution in [3.63, 3.8) is 0 Å². The molecule has 0 atom stereocenters. The maximum atomic E-state index is 11.7. The summed E-state index contributed by atoms with van der Waals surface area (Å²) in [6.07, 6.45) is 0. The van der Waals surface area contributed by atoms with Gasteiger partial charge in [0, 0.05) is 25.0 Å². The maximum Gasteiger partial charge on any atom is 0.273 e. The number of carbonyl (C=O) groups excluding carboxylic acids is 1. The summed E-state index contributed by atoms with van der Waals surface area (Å²) in [6.45, 7) is 4.32. The normalized spacial score (nSPS) is 10.6. The molecule has 0 aliphatic carbocycles. The van der Waals surface area contributed by atoms with Crippen LogP contribution in [0.3, 0.4) is 0 Å². The smallest absolute Gasteiger partial charge is 0.273 e. The Hall–Kier alpha value is -0.940. The second-order valence-electron chi connectivity index (χ2n) is 3.34. The van der Waals surface area contributed by atoms with E-state index in [1.54, 1.807) is 17.3 Å². The summed E-state index contributed by atoms with van der Waals surface area (Å²) in [7, 11) is 1.77. The highest BCUT2D eigenvalue weighted by atomic mass is 32.1. The first-order valence-electron chi connectivity index (χ1n) is 4.48. The van der Waals surface area contributed by atoms with E-state index in [1.807, 2.05) is 13.8 Å². The van der Waals surface area contributed by atoms with Gasteiger partial charge in [0.1, 0.15) is 10.7 Å². The minimum Gasteiger partial charge on any atom is -0.338 e. The number of carbonyl (C=O) groups is 1. The first-order chi connectivity index (χ1) is 6.56. The number of hydrogen-bond donors (Lipinski definition) is 1. The van der Waals surface area contributed by atoms with Crippen molar-refractivity contribution in [1.29, 1.82) is 0 Å². The van der Waals surface area contributed by atoms with Crippen LogP contribution in [-0.2, 0) is 6.54 Å². The fraction of sp³-hybridized carbons (Fsp3) is 0.556. The van der Waals surface area contributed by atoms with Crippen LogP contribution in [0.15, 0.2) is 5.38 Å². The summed E-state index contributed by atoms with van der Waals surface area (Å²) in [6, 6.07) is 0.186. The van der Waals surface area contributed by atoms with E-state index < -0.39 is 0 Å². The number of rotatable bonds is 3. The number of amides is 1. The van der Waals surface area contributed by atoms with Crippen molar-refractivity contribution in [2.75, 3.05) is 7.05 Å². The molecule has 78 valence electrons. The molecule has 0 unspecified atom stereocenters. The van der Waals surface area contributed by atoms with Gasteiger partial charge in [0.2, 0.25) is 0 Å². The van der Waals surface area contributed by atoms with Crippen molar-refractivity contribution in [2.45, 2.75) is 26.4 Å². The first kappa shape index (κ1) is 11.1. The number of hydrogen-bond acceptors (Lipinski definition) is 4. The quantitative estimate of drug-likeness (QED) is 0.817. The monoisotopic (exact) mass is 213 g/mol. The fourth-order valence-electron chi connectivity index (χ4n) is 0.918. The zero-order valence-corrected chi connectivity index (χ0v) is 9.47. The molecule has 2 N–H and O–H groups in total. The highest BCUT2D eigenvalue weighted by Gasteiger charge is 2.16. The average molecular weight is 213 g/mol. The minimum atomic E-state index is -0.0454. The van der Waals surface area contributed by atoms with Crippen molar-refractivity contribution in [3.05, 3.63) is 16.1 Å². The summed E-state index contributed by atoms with van der Waals surface area (Å²) in [5, 5.41) is 2.55. The number of nitrogens with two attached hydrogens (primary N) is 1. The van der Waals surface area contributed by atoms with E-state index in [1.165, 1.54) is 11.3 Å². The van der Waals surface area contributed by atoms with Gasteiger partial charge in [0.15, 0.2) is 0 Å². The molecule has 1 amide bonds. The molecule has 0 radical (unpaired) electrons. The topological polar surface area (TPSA) is 59.2 Å². The molecule has 1 aromatic rings. The zero-order chi connectivity index (χ0) is 10.7. The molecule has 1 heterocycles. The second-order valence-corrected chi connectivity index (χ2v) is 4.28. The van der Waals surface area contributed by atoms with Crippen LogP contribution in [-0.4, -0.2) is 28.9 Å². The lowest BCUT2D eigenvalue weighted by Gasteiger charge is -2.19. The van der Waals surface area contributed by atoms with Crippen LogP contribution in [0.1, 0.15) is 29.3 Å². The second kappa shape index (κ2) is 4.52. The molecule has 0 bridgehead atoms. The van der Waals surface area contributed by atoms with Gasteiger partial charge in [0.05, 0.1) is 0 Å². The molecule has 5 heteroatoms.